The van der Waals surface area contributed by atoms with Gasteiger partial charge in [0.1, 0.15) is 6.61 Å². The molecule has 3 unspecified atom stereocenters. The van der Waals surface area contributed by atoms with E-state index in [2.05, 4.69) is 9.78 Å². The zero-order valence-corrected chi connectivity index (χ0v) is 13.1. The van der Waals surface area contributed by atoms with E-state index in [1.165, 1.54) is 6.92 Å². The van der Waals surface area contributed by atoms with Gasteiger partial charge in [0.25, 0.3) is 0 Å². The van der Waals surface area contributed by atoms with Crippen molar-refractivity contribution in [2.45, 2.75) is 65.5 Å². The van der Waals surface area contributed by atoms with Gasteiger partial charge in [0, 0.05) is 6.92 Å². The summed E-state index contributed by atoms with van der Waals surface area (Å²) in [6, 6.07) is 0. The van der Waals surface area contributed by atoms with Crippen molar-refractivity contribution < 1.29 is 38.7 Å². The third-order valence-electron chi connectivity index (χ3n) is 2.71. The van der Waals surface area contributed by atoms with Crippen molar-refractivity contribution in [1.82, 2.24) is 0 Å². The van der Waals surface area contributed by atoms with Gasteiger partial charge in [0.2, 0.25) is 5.79 Å². The quantitative estimate of drug-likeness (QED) is 0.316. The van der Waals surface area contributed by atoms with Gasteiger partial charge in [-0.1, -0.05) is 13.8 Å². The zero-order valence-electron chi connectivity index (χ0n) is 13.1. The van der Waals surface area contributed by atoms with E-state index in [4.69, 9.17) is 19.3 Å². The van der Waals surface area contributed by atoms with Crippen LogP contribution in [0.5, 0.6) is 0 Å². The minimum atomic E-state index is -1.76. The summed E-state index contributed by atoms with van der Waals surface area (Å²) >= 11 is 0. The average Bonchev–Trinajstić information content (AvgIpc) is 2.42. The van der Waals surface area contributed by atoms with Crippen LogP contribution in [0.4, 0.5) is 9.59 Å². The summed E-state index contributed by atoms with van der Waals surface area (Å²) in [6.45, 7) is 9.03. The summed E-state index contributed by atoms with van der Waals surface area (Å²) in [6.07, 6.45) is -1.83. The molecule has 8 heteroatoms. The molecule has 1 N–H and O–H groups in total. The fourth-order valence-corrected chi connectivity index (χ4v) is 1.27. The Kier molecular flexibility index (Phi) is 8.72. The van der Waals surface area contributed by atoms with Gasteiger partial charge in [-0.25, -0.2) is 9.68 Å². The summed E-state index contributed by atoms with van der Waals surface area (Å²) in [5, 5.41) is 8.24. The molecule has 0 aromatic rings. The molecule has 0 bridgehead atoms. The predicted octanol–water partition coefficient (Wildman–Crippen LogP) is 3.10. The van der Waals surface area contributed by atoms with Crippen LogP contribution in [0.15, 0.2) is 0 Å². The maximum Gasteiger partial charge on any atom is 0.552 e. The lowest BCUT2D eigenvalue weighted by Crippen LogP contribution is -2.43. The molecule has 8 nitrogen and oxygen atoms in total. The Morgan fingerprint density at radius 2 is 1.67 bits per heavy atom. The normalized spacial score (nSPS) is 16.4. The Hall–Kier alpha value is -1.54. The van der Waals surface area contributed by atoms with E-state index in [1.54, 1.807) is 0 Å². The summed E-state index contributed by atoms with van der Waals surface area (Å²) in [5.74, 6) is -1.40. The third-order valence-corrected chi connectivity index (χ3v) is 2.71. The van der Waals surface area contributed by atoms with Crippen molar-refractivity contribution in [1.29, 1.82) is 0 Å². The molecule has 3 atom stereocenters. The van der Waals surface area contributed by atoms with Crippen molar-refractivity contribution in [3.05, 3.63) is 0 Å². The molecule has 0 spiro atoms. The molecule has 0 aliphatic rings. The topological polar surface area (TPSA) is 101 Å². The van der Waals surface area contributed by atoms with Gasteiger partial charge in [-0.2, -0.15) is 9.68 Å². The van der Waals surface area contributed by atoms with Crippen LogP contribution in [0.1, 0.15) is 47.5 Å². The zero-order chi connectivity index (χ0) is 16.5. The number of carbonyl (C=O) groups is 2. The lowest BCUT2D eigenvalue weighted by Gasteiger charge is -2.31. The number of rotatable bonds is 8. The molecule has 0 aromatic carbocycles. The molecule has 0 fully saturated rings. The highest BCUT2D eigenvalue weighted by atomic mass is 17.3. The van der Waals surface area contributed by atoms with E-state index >= 15 is 0 Å². The first-order chi connectivity index (χ1) is 9.72. The number of hydrogen-bond acceptors (Lipinski definition) is 7. The van der Waals surface area contributed by atoms with Gasteiger partial charge in [-0.05, 0) is 26.7 Å². The molecule has 0 aromatic heterocycles. The Morgan fingerprint density at radius 3 is 2.14 bits per heavy atom. The first kappa shape index (κ1) is 19.5. The molecule has 0 radical (unpaired) electrons. The van der Waals surface area contributed by atoms with Crippen molar-refractivity contribution >= 4 is 12.3 Å². The molecular weight excluding hydrogens is 284 g/mol. The minimum absolute atomic E-state index is 0.0193. The maximum absolute atomic E-state index is 11.4. The largest absolute Gasteiger partial charge is 0.552 e. The smallest absolute Gasteiger partial charge is 0.447 e. The molecule has 0 heterocycles. The summed E-state index contributed by atoms with van der Waals surface area (Å²) in [5.41, 5.74) is 0. The lowest BCUT2D eigenvalue weighted by atomic mass is 10.2. The first-order valence-electron chi connectivity index (χ1n) is 6.82. The molecule has 0 rings (SSSR count). The second-order valence-corrected chi connectivity index (χ2v) is 4.79. The molecule has 0 amide bonds. The molecule has 0 saturated carbocycles. The van der Waals surface area contributed by atoms with E-state index in [0.29, 0.717) is 6.42 Å². The van der Waals surface area contributed by atoms with Crippen molar-refractivity contribution in [3.8, 4) is 0 Å². The van der Waals surface area contributed by atoms with E-state index in [-0.39, 0.29) is 18.8 Å². The number of carbonyl (C=O) groups excluding carboxylic acids is 1. The average molecular weight is 308 g/mol. The number of ether oxygens (including phenoxy) is 3. The summed E-state index contributed by atoms with van der Waals surface area (Å²) < 4.78 is 16.1. The van der Waals surface area contributed by atoms with Crippen LogP contribution in [-0.4, -0.2) is 42.0 Å². The molecule has 124 valence electrons. The van der Waals surface area contributed by atoms with Gasteiger partial charge in [0.05, 0.1) is 12.2 Å². The van der Waals surface area contributed by atoms with E-state index in [1.807, 2.05) is 27.7 Å². The Bertz CT molecular complexity index is 332. The highest BCUT2D eigenvalue weighted by molar-refractivity contribution is 5.62. The van der Waals surface area contributed by atoms with Crippen molar-refractivity contribution in [2.24, 2.45) is 0 Å². The summed E-state index contributed by atoms with van der Waals surface area (Å²) in [7, 11) is 0. The number of carboxylic acid groups (broad SMARTS) is 1. The number of hydrogen-bond donors (Lipinski definition) is 1. The monoisotopic (exact) mass is 308 g/mol. The van der Waals surface area contributed by atoms with Gasteiger partial charge >= 0.3 is 12.3 Å². The SMILES string of the molecule is CCC(C)OCC(C)(OC(=O)OOC(=O)O)OC(C)CC. The lowest BCUT2D eigenvalue weighted by molar-refractivity contribution is -0.283. The van der Waals surface area contributed by atoms with Gasteiger partial charge in [0.15, 0.2) is 0 Å². The minimum Gasteiger partial charge on any atom is -0.447 e. The Balaban J connectivity index is 4.62. The van der Waals surface area contributed by atoms with E-state index < -0.39 is 18.1 Å². The highest BCUT2D eigenvalue weighted by Crippen LogP contribution is 2.19. The van der Waals surface area contributed by atoms with Gasteiger partial charge in [-0.15, -0.1) is 0 Å². The van der Waals surface area contributed by atoms with E-state index in [9.17, 15) is 9.59 Å². The standard InChI is InChI=1S/C13H24O8/c1-6-9(3)17-8-13(5,18-10(4)7-2)19-12(16)21-20-11(14)15/h9-10H,6-8H2,1-5H3,(H,14,15). The van der Waals surface area contributed by atoms with Crippen LogP contribution >= 0.6 is 0 Å². The van der Waals surface area contributed by atoms with Gasteiger partial charge in [-0.3, -0.25) is 0 Å². The van der Waals surface area contributed by atoms with Crippen LogP contribution in [-0.2, 0) is 24.0 Å². The molecule has 0 aliphatic heterocycles. The molecule has 0 aliphatic carbocycles. The second-order valence-electron chi connectivity index (χ2n) is 4.79. The van der Waals surface area contributed by atoms with Crippen LogP contribution in [0, 0.1) is 0 Å². The maximum atomic E-state index is 11.4. The van der Waals surface area contributed by atoms with Crippen molar-refractivity contribution in [3.63, 3.8) is 0 Å². The first-order valence-corrected chi connectivity index (χ1v) is 6.82. The Morgan fingerprint density at radius 1 is 1.10 bits per heavy atom. The Labute approximate surface area is 124 Å². The molecule has 0 saturated heterocycles. The highest BCUT2D eigenvalue weighted by Gasteiger charge is 2.34. The second kappa shape index (κ2) is 9.41. The van der Waals surface area contributed by atoms with Gasteiger partial charge < -0.3 is 19.3 Å². The van der Waals surface area contributed by atoms with Crippen LogP contribution in [0.2, 0.25) is 0 Å². The van der Waals surface area contributed by atoms with Crippen molar-refractivity contribution in [2.75, 3.05) is 6.61 Å². The fourth-order valence-electron chi connectivity index (χ4n) is 1.27. The molecule has 21 heavy (non-hydrogen) atoms. The fraction of sp³-hybridized carbons (Fsp3) is 0.846. The van der Waals surface area contributed by atoms with Crippen LogP contribution in [0.25, 0.3) is 0 Å². The summed E-state index contributed by atoms with van der Waals surface area (Å²) in [4.78, 5) is 29.1. The predicted molar refractivity (Wildman–Crippen MR) is 71.6 cm³/mol. The van der Waals surface area contributed by atoms with Crippen LogP contribution < -0.4 is 0 Å². The molecular formula is C13H24O8. The third kappa shape index (κ3) is 9.09. The van der Waals surface area contributed by atoms with Crippen LogP contribution in [0.3, 0.4) is 0 Å². The van der Waals surface area contributed by atoms with E-state index in [0.717, 1.165) is 6.42 Å².